The summed E-state index contributed by atoms with van der Waals surface area (Å²) in [5.41, 5.74) is 6.19. The molecule has 7 aromatic rings. The van der Waals surface area contributed by atoms with Crippen molar-refractivity contribution in [3.63, 3.8) is 0 Å². The number of carbonyl (C=O) groups excluding carboxylic acids is 2. The average Bonchev–Trinajstić information content (AvgIpc) is 3.75. The van der Waals surface area contributed by atoms with Gasteiger partial charge in [-0.25, -0.2) is 0 Å². The van der Waals surface area contributed by atoms with E-state index in [-0.39, 0.29) is 34.4 Å². The van der Waals surface area contributed by atoms with Crippen molar-refractivity contribution in [3.8, 4) is 33.6 Å². The van der Waals surface area contributed by atoms with E-state index in [0.717, 1.165) is 64.6 Å². The lowest BCUT2D eigenvalue weighted by molar-refractivity contribution is 0.0961. The van der Waals surface area contributed by atoms with Crippen molar-refractivity contribution in [2.24, 2.45) is 7.05 Å². The first-order valence-corrected chi connectivity index (χ1v) is 16.6. The molecule has 3 heterocycles. The molecule has 0 N–H and O–H groups in total. The number of benzene rings is 4. The van der Waals surface area contributed by atoms with Gasteiger partial charge in [-0.1, -0.05) is 110 Å². The first-order valence-electron chi connectivity index (χ1n) is 16.6. The number of nitrogens with zero attached hydrogens (tertiary/aromatic N) is 1. The van der Waals surface area contributed by atoms with Gasteiger partial charge >= 0.3 is 0 Å². The Labute approximate surface area is 276 Å². The summed E-state index contributed by atoms with van der Waals surface area (Å²) >= 11 is 0. The molecule has 4 aromatic carbocycles. The summed E-state index contributed by atoms with van der Waals surface area (Å²) in [5.74, 6) is 1.09. The quantitative estimate of drug-likeness (QED) is 0.194. The van der Waals surface area contributed by atoms with E-state index >= 15 is 0 Å². The van der Waals surface area contributed by atoms with Crippen LogP contribution in [0.15, 0.2) is 117 Å². The lowest BCUT2D eigenvalue weighted by Gasteiger charge is -2.21. The molecule has 0 saturated heterocycles. The summed E-state index contributed by atoms with van der Waals surface area (Å²) < 4.78 is 14.8. The molecule has 0 unspecified atom stereocenters. The maximum Gasteiger partial charge on any atom is 0.262 e. The van der Waals surface area contributed by atoms with Gasteiger partial charge in [0, 0.05) is 46.2 Å². The molecular formula is C42H31NO5. The molecule has 2 aliphatic rings. The van der Waals surface area contributed by atoms with Crippen LogP contribution in [0.4, 0.5) is 0 Å². The van der Waals surface area contributed by atoms with Gasteiger partial charge in [0.2, 0.25) is 5.78 Å². The normalized spacial score (nSPS) is 14.9. The molecule has 0 bridgehead atoms. The van der Waals surface area contributed by atoms with Gasteiger partial charge in [0.1, 0.15) is 17.1 Å². The predicted molar refractivity (Wildman–Crippen MR) is 187 cm³/mol. The third-order valence-corrected chi connectivity index (χ3v) is 10.2. The van der Waals surface area contributed by atoms with Crippen LogP contribution in [0.5, 0.6) is 0 Å². The number of aromatic nitrogens is 1. The molecule has 0 amide bonds. The van der Waals surface area contributed by atoms with Gasteiger partial charge in [-0.15, -0.1) is 0 Å². The van der Waals surface area contributed by atoms with Crippen molar-refractivity contribution in [1.82, 2.24) is 4.57 Å². The Kier molecular flexibility index (Phi) is 6.47. The smallest absolute Gasteiger partial charge is 0.262 e. The first-order chi connectivity index (χ1) is 23.5. The third-order valence-electron chi connectivity index (χ3n) is 10.2. The monoisotopic (exact) mass is 629 g/mol. The first kappa shape index (κ1) is 28.5. The Morgan fingerprint density at radius 3 is 1.94 bits per heavy atom. The summed E-state index contributed by atoms with van der Waals surface area (Å²) in [5, 5.41) is 1.50. The second kappa shape index (κ2) is 10.9. The summed E-state index contributed by atoms with van der Waals surface area (Å²) in [6, 6.07) is 32.2. The molecule has 1 fully saturated rings. The molecule has 0 radical (unpaired) electrons. The zero-order valence-corrected chi connectivity index (χ0v) is 26.4. The highest BCUT2D eigenvalue weighted by atomic mass is 16.4. The second-order valence-corrected chi connectivity index (χ2v) is 12.9. The highest BCUT2D eigenvalue weighted by molar-refractivity contribution is 6.30. The highest BCUT2D eigenvalue weighted by Crippen LogP contribution is 2.47. The average molecular weight is 630 g/mol. The minimum absolute atomic E-state index is 0.0624. The van der Waals surface area contributed by atoms with E-state index in [4.69, 9.17) is 8.83 Å². The van der Waals surface area contributed by atoms with Gasteiger partial charge in [0.05, 0.1) is 16.5 Å². The van der Waals surface area contributed by atoms with E-state index < -0.39 is 0 Å². The van der Waals surface area contributed by atoms with Crippen LogP contribution in [-0.4, -0.2) is 16.1 Å². The minimum atomic E-state index is -0.301. The van der Waals surface area contributed by atoms with Crippen molar-refractivity contribution in [3.05, 3.63) is 142 Å². The van der Waals surface area contributed by atoms with E-state index in [1.807, 2.05) is 85.9 Å². The standard InChI is InChI=1S/C42H31NO5/c1-43-31-19-11-10-18-30(31)40-35(42(43)46)33(39(47-40)27-14-6-3-7-15-27)25-22-20-24(21-23-25)32-34-36(44)28-16-8-9-17-29(28)37(45)41(34)48-38(32)26-12-4-2-5-13-26/h2,4-5,8-13,16-23,27H,3,6-7,14-15H2,1H3. The molecule has 0 atom stereocenters. The fraction of sp³-hybridized carbons (Fsp3) is 0.167. The number of pyridine rings is 1. The molecule has 3 aromatic heterocycles. The minimum Gasteiger partial charge on any atom is -0.459 e. The number of hydrogen-bond acceptors (Lipinski definition) is 5. The zero-order chi connectivity index (χ0) is 32.5. The van der Waals surface area contributed by atoms with Crippen LogP contribution >= 0.6 is 0 Å². The number of carbonyl (C=O) groups is 2. The summed E-state index contributed by atoms with van der Waals surface area (Å²) in [6.07, 6.45) is 5.49. The summed E-state index contributed by atoms with van der Waals surface area (Å²) in [7, 11) is 1.81. The molecule has 48 heavy (non-hydrogen) atoms. The Morgan fingerprint density at radius 1 is 0.583 bits per heavy atom. The van der Waals surface area contributed by atoms with Gasteiger partial charge in [0.15, 0.2) is 11.5 Å². The molecule has 0 aliphatic heterocycles. The van der Waals surface area contributed by atoms with Crippen molar-refractivity contribution < 1.29 is 18.4 Å². The van der Waals surface area contributed by atoms with Crippen molar-refractivity contribution >= 4 is 33.4 Å². The SMILES string of the molecule is Cn1c(=O)c2c(-c3ccc(-c4c(-c5ccccc5)oc5c4C(=O)c4ccccc4C5=O)cc3)c(C3CCCCC3)oc2c2ccccc21. The number of aryl methyl sites for hydroxylation is 1. The maximum atomic E-state index is 14.0. The van der Waals surface area contributed by atoms with Crippen LogP contribution in [0, 0.1) is 0 Å². The molecular weight excluding hydrogens is 598 g/mol. The molecule has 6 nitrogen and oxygen atoms in total. The summed E-state index contributed by atoms with van der Waals surface area (Å²) in [6.45, 7) is 0. The van der Waals surface area contributed by atoms with E-state index in [2.05, 4.69) is 0 Å². The third kappa shape index (κ3) is 4.15. The van der Waals surface area contributed by atoms with Crippen LogP contribution in [0.25, 0.3) is 55.4 Å². The zero-order valence-electron chi connectivity index (χ0n) is 26.4. The summed E-state index contributed by atoms with van der Waals surface area (Å²) in [4.78, 5) is 41.7. The van der Waals surface area contributed by atoms with Crippen LogP contribution in [0.2, 0.25) is 0 Å². The number of fused-ring (bicyclic) bond motifs is 5. The van der Waals surface area contributed by atoms with Gasteiger partial charge in [0.25, 0.3) is 5.56 Å². The number of furan rings is 2. The van der Waals surface area contributed by atoms with Gasteiger partial charge in [-0.2, -0.15) is 0 Å². The largest absolute Gasteiger partial charge is 0.459 e. The lowest BCUT2D eigenvalue weighted by Crippen LogP contribution is -2.19. The van der Waals surface area contributed by atoms with Crippen LogP contribution in [0.1, 0.15) is 75.8 Å². The molecule has 1 saturated carbocycles. The molecule has 9 rings (SSSR count). The van der Waals surface area contributed by atoms with Crippen LogP contribution < -0.4 is 5.56 Å². The topological polar surface area (TPSA) is 82.4 Å². The van der Waals surface area contributed by atoms with E-state index in [9.17, 15) is 14.4 Å². The Balaban J connectivity index is 1.26. The lowest BCUT2D eigenvalue weighted by atomic mass is 9.83. The van der Waals surface area contributed by atoms with Crippen LogP contribution in [-0.2, 0) is 7.05 Å². The van der Waals surface area contributed by atoms with Gasteiger partial charge < -0.3 is 13.4 Å². The number of hydrogen-bond donors (Lipinski definition) is 0. The number of para-hydroxylation sites is 1. The Bertz CT molecular complexity index is 2490. The van der Waals surface area contributed by atoms with Gasteiger partial charge in [-0.05, 0) is 36.1 Å². The number of ketones is 2. The molecule has 0 spiro atoms. The second-order valence-electron chi connectivity index (χ2n) is 12.9. The van der Waals surface area contributed by atoms with E-state index in [0.29, 0.717) is 33.4 Å². The van der Waals surface area contributed by atoms with Gasteiger partial charge in [-0.3, -0.25) is 14.4 Å². The van der Waals surface area contributed by atoms with Crippen molar-refractivity contribution in [2.45, 2.75) is 38.0 Å². The van der Waals surface area contributed by atoms with Crippen LogP contribution in [0.3, 0.4) is 0 Å². The molecule has 234 valence electrons. The molecule has 2 aliphatic carbocycles. The highest BCUT2D eigenvalue weighted by Gasteiger charge is 2.38. The van der Waals surface area contributed by atoms with Crippen molar-refractivity contribution in [2.75, 3.05) is 0 Å². The Hall–Kier alpha value is -5.75. The van der Waals surface area contributed by atoms with E-state index in [1.165, 1.54) is 6.42 Å². The maximum absolute atomic E-state index is 14.0. The van der Waals surface area contributed by atoms with E-state index in [1.54, 1.807) is 28.8 Å². The molecule has 6 heteroatoms. The Morgan fingerprint density at radius 2 is 1.21 bits per heavy atom. The predicted octanol–water partition coefficient (Wildman–Crippen LogP) is 9.70. The number of rotatable bonds is 4. The fourth-order valence-electron chi connectivity index (χ4n) is 7.83. The van der Waals surface area contributed by atoms with Crippen molar-refractivity contribution in [1.29, 1.82) is 0 Å². The fourth-order valence-corrected chi connectivity index (χ4v) is 7.83.